The van der Waals surface area contributed by atoms with Gasteiger partial charge in [-0.2, -0.15) is 0 Å². The number of rotatable bonds is 3. The van der Waals surface area contributed by atoms with Crippen molar-refractivity contribution in [1.29, 1.82) is 0 Å². The first-order chi connectivity index (χ1) is 8.24. The zero-order chi connectivity index (χ0) is 11.8. The first-order valence-corrected chi connectivity index (χ1v) is 6.72. The molecule has 1 aromatic rings. The van der Waals surface area contributed by atoms with Crippen LogP contribution in [0.15, 0.2) is 18.2 Å². The maximum atomic E-state index is 6.02. The second-order valence-corrected chi connectivity index (χ2v) is 5.73. The highest BCUT2D eigenvalue weighted by atomic mass is 16.5. The Morgan fingerprint density at radius 3 is 2.88 bits per heavy atom. The quantitative estimate of drug-likeness (QED) is 0.809. The summed E-state index contributed by atoms with van der Waals surface area (Å²) in [5.41, 5.74) is 7.93. The Morgan fingerprint density at radius 2 is 2.18 bits per heavy atom. The van der Waals surface area contributed by atoms with Crippen molar-refractivity contribution >= 4 is 5.69 Å². The van der Waals surface area contributed by atoms with Crippen molar-refractivity contribution in [1.82, 2.24) is 0 Å². The summed E-state index contributed by atoms with van der Waals surface area (Å²) >= 11 is 0. The molecule has 0 radical (unpaired) electrons. The molecule has 1 aromatic carbocycles. The number of nitrogen functional groups attached to an aromatic ring is 1. The van der Waals surface area contributed by atoms with Crippen molar-refractivity contribution in [2.24, 2.45) is 17.8 Å². The van der Waals surface area contributed by atoms with Gasteiger partial charge < -0.3 is 10.5 Å². The van der Waals surface area contributed by atoms with E-state index in [1.54, 1.807) is 0 Å². The first kappa shape index (κ1) is 10.9. The molecule has 0 aliphatic heterocycles. The topological polar surface area (TPSA) is 35.2 Å². The molecule has 3 rings (SSSR count). The number of hydrogen-bond donors (Lipinski definition) is 1. The van der Waals surface area contributed by atoms with E-state index < -0.39 is 0 Å². The zero-order valence-electron chi connectivity index (χ0n) is 10.5. The molecule has 0 aromatic heterocycles. The number of hydrogen-bond acceptors (Lipinski definition) is 2. The summed E-state index contributed by atoms with van der Waals surface area (Å²) < 4.78 is 5.93. The minimum atomic E-state index is 0.772. The smallest absolute Gasteiger partial charge is 0.142 e. The van der Waals surface area contributed by atoms with Gasteiger partial charge in [0.1, 0.15) is 5.75 Å². The molecular weight excluding hydrogens is 210 g/mol. The van der Waals surface area contributed by atoms with E-state index in [0.717, 1.165) is 41.4 Å². The molecule has 2 saturated carbocycles. The predicted molar refractivity (Wildman–Crippen MR) is 70.0 cm³/mol. The number of para-hydroxylation sites is 1. The van der Waals surface area contributed by atoms with Crippen LogP contribution in [0.1, 0.15) is 31.2 Å². The molecule has 2 aliphatic carbocycles. The third-order valence-corrected chi connectivity index (χ3v) is 4.62. The average Bonchev–Trinajstić information content (AvgIpc) is 2.93. The molecule has 0 saturated heterocycles. The molecule has 2 heteroatoms. The Bertz CT molecular complexity index is 415. The van der Waals surface area contributed by atoms with Gasteiger partial charge in [-0.05, 0) is 55.6 Å². The van der Waals surface area contributed by atoms with Gasteiger partial charge in [0.25, 0.3) is 0 Å². The zero-order valence-corrected chi connectivity index (χ0v) is 10.5. The van der Waals surface area contributed by atoms with E-state index in [4.69, 9.17) is 10.5 Å². The molecule has 17 heavy (non-hydrogen) atoms. The van der Waals surface area contributed by atoms with Crippen molar-refractivity contribution < 1.29 is 4.74 Å². The highest BCUT2D eigenvalue weighted by Gasteiger charge is 2.39. The van der Waals surface area contributed by atoms with Gasteiger partial charge in [-0.3, -0.25) is 0 Å². The summed E-state index contributed by atoms with van der Waals surface area (Å²) in [7, 11) is 0. The Kier molecular flexibility index (Phi) is 2.73. The van der Waals surface area contributed by atoms with E-state index in [1.807, 2.05) is 25.1 Å². The lowest BCUT2D eigenvalue weighted by molar-refractivity contribution is 0.196. The second kappa shape index (κ2) is 4.25. The van der Waals surface area contributed by atoms with Crippen molar-refractivity contribution in [2.75, 3.05) is 12.3 Å². The number of nitrogens with two attached hydrogens (primary N) is 1. The van der Waals surface area contributed by atoms with E-state index in [-0.39, 0.29) is 0 Å². The highest BCUT2D eigenvalue weighted by molar-refractivity contribution is 5.57. The van der Waals surface area contributed by atoms with Gasteiger partial charge >= 0.3 is 0 Å². The van der Waals surface area contributed by atoms with Crippen LogP contribution in [0.25, 0.3) is 0 Å². The van der Waals surface area contributed by atoms with Gasteiger partial charge in [-0.1, -0.05) is 18.6 Å². The lowest BCUT2D eigenvalue weighted by Gasteiger charge is -2.22. The summed E-state index contributed by atoms with van der Waals surface area (Å²) in [5.74, 6) is 3.55. The molecule has 3 atom stereocenters. The van der Waals surface area contributed by atoms with Crippen LogP contribution >= 0.6 is 0 Å². The number of ether oxygens (including phenoxy) is 1. The van der Waals surface area contributed by atoms with Gasteiger partial charge in [0.15, 0.2) is 0 Å². The van der Waals surface area contributed by atoms with Crippen LogP contribution in [0.3, 0.4) is 0 Å². The largest absolute Gasteiger partial charge is 0.491 e. The van der Waals surface area contributed by atoms with Crippen molar-refractivity contribution in [3.8, 4) is 5.75 Å². The maximum Gasteiger partial charge on any atom is 0.142 e. The van der Waals surface area contributed by atoms with E-state index in [1.165, 1.54) is 25.7 Å². The summed E-state index contributed by atoms with van der Waals surface area (Å²) in [6.07, 6.45) is 5.68. The van der Waals surface area contributed by atoms with Crippen LogP contribution in [0, 0.1) is 24.7 Å². The third-order valence-electron chi connectivity index (χ3n) is 4.62. The van der Waals surface area contributed by atoms with E-state index >= 15 is 0 Å². The number of fused-ring (bicyclic) bond motifs is 2. The number of benzene rings is 1. The molecule has 0 amide bonds. The Hall–Kier alpha value is -1.18. The minimum absolute atomic E-state index is 0.772. The Balaban J connectivity index is 1.62. The highest BCUT2D eigenvalue weighted by Crippen LogP contribution is 2.48. The van der Waals surface area contributed by atoms with E-state index in [2.05, 4.69) is 0 Å². The summed E-state index contributed by atoms with van der Waals surface area (Å²) in [6, 6.07) is 6.02. The van der Waals surface area contributed by atoms with Crippen molar-refractivity contribution in [3.63, 3.8) is 0 Å². The van der Waals surface area contributed by atoms with Gasteiger partial charge in [0.2, 0.25) is 0 Å². The predicted octanol–water partition coefficient (Wildman–Crippen LogP) is 3.39. The van der Waals surface area contributed by atoms with Crippen LogP contribution < -0.4 is 10.5 Å². The fraction of sp³-hybridized carbons (Fsp3) is 0.600. The van der Waals surface area contributed by atoms with Crippen LogP contribution in [-0.4, -0.2) is 6.61 Å². The standard InChI is InChI=1S/C15H21NO/c1-10-3-2-4-14(15(10)16)17-9-13-8-11-5-6-12(13)7-11/h2-4,11-13H,5-9,16H2,1H3. The third kappa shape index (κ3) is 2.01. The number of aryl methyl sites for hydroxylation is 1. The molecule has 2 nitrogen and oxygen atoms in total. The molecule has 0 spiro atoms. The van der Waals surface area contributed by atoms with Crippen molar-refractivity contribution in [3.05, 3.63) is 23.8 Å². The number of anilines is 1. The lowest BCUT2D eigenvalue weighted by Crippen LogP contribution is -2.18. The fourth-order valence-corrected chi connectivity index (χ4v) is 3.56. The van der Waals surface area contributed by atoms with Crippen LogP contribution in [0.4, 0.5) is 5.69 Å². The molecule has 92 valence electrons. The summed E-state index contributed by atoms with van der Waals surface area (Å²) in [6.45, 7) is 2.88. The van der Waals surface area contributed by atoms with Crippen LogP contribution in [0.2, 0.25) is 0 Å². The second-order valence-electron chi connectivity index (χ2n) is 5.73. The SMILES string of the molecule is Cc1cccc(OCC2CC3CCC2C3)c1N. The van der Waals surface area contributed by atoms with Crippen LogP contribution in [0.5, 0.6) is 5.75 Å². The Labute approximate surface area is 103 Å². The molecule has 2 fully saturated rings. The fourth-order valence-electron chi connectivity index (χ4n) is 3.56. The molecule has 2 aliphatic rings. The lowest BCUT2D eigenvalue weighted by atomic mass is 9.89. The van der Waals surface area contributed by atoms with Crippen LogP contribution in [-0.2, 0) is 0 Å². The molecule has 2 bridgehead atoms. The van der Waals surface area contributed by atoms with Gasteiger partial charge in [-0.25, -0.2) is 0 Å². The Morgan fingerprint density at radius 1 is 1.29 bits per heavy atom. The maximum absolute atomic E-state index is 6.02. The van der Waals surface area contributed by atoms with Gasteiger partial charge in [0, 0.05) is 0 Å². The van der Waals surface area contributed by atoms with Gasteiger partial charge in [-0.15, -0.1) is 0 Å². The van der Waals surface area contributed by atoms with E-state index in [0.29, 0.717) is 0 Å². The molecular formula is C15H21NO. The molecule has 2 N–H and O–H groups in total. The normalized spacial score (nSPS) is 30.8. The average molecular weight is 231 g/mol. The molecule has 3 unspecified atom stereocenters. The first-order valence-electron chi connectivity index (χ1n) is 6.72. The summed E-state index contributed by atoms with van der Waals surface area (Å²) in [5, 5.41) is 0. The summed E-state index contributed by atoms with van der Waals surface area (Å²) in [4.78, 5) is 0. The molecule has 0 heterocycles. The minimum Gasteiger partial charge on any atom is -0.491 e. The van der Waals surface area contributed by atoms with Crippen molar-refractivity contribution in [2.45, 2.75) is 32.6 Å². The van der Waals surface area contributed by atoms with Gasteiger partial charge in [0.05, 0.1) is 12.3 Å². The van der Waals surface area contributed by atoms with E-state index in [9.17, 15) is 0 Å². The monoisotopic (exact) mass is 231 g/mol.